The lowest BCUT2D eigenvalue weighted by Gasteiger charge is -2.21. The number of rotatable bonds is 10. The lowest BCUT2D eigenvalue weighted by molar-refractivity contribution is 0.0786. The Hall–Kier alpha value is -4.57. The molecule has 0 unspecified atom stereocenters. The van der Waals surface area contributed by atoms with Crippen molar-refractivity contribution in [2.24, 2.45) is 10.7 Å². The summed E-state index contributed by atoms with van der Waals surface area (Å²) in [4.78, 5) is 13.5. The fourth-order valence-electron chi connectivity index (χ4n) is 3.59. The van der Waals surface area contributed by atoms with E-state index in [0.29, 0.717) is 34.9 Å². The van der Waals surface area contributed by atoms with E-state index < -0.39 is 5.60 Å². The minimum Gasteiger partial charge on any atom is -0.497 e. The molecule has 2 heterocycles. The van der Waals surface area contributed by atoms with E-state index in [9.17, 15) is 9.50 Å². The molecule has 4 aromatic rings. The second kappa shape index (κ2) is 11.7. The first-order valence-corrected chi connectivity index (χ1v) is 11.9. The molecule has 38 heavy (non-hydrogen) atoms. The summed E-state index contributed by atoms with van der Waals surface area (Å²) in [5.41, 5.74) is 8.12. The van der Waals surface area contributed by atoms with Crippen LogP contribution in [0.1, 0.15) is 42.1 Å². The first kappa shape index (κ1) is 26.5. The van der Waals surface area contributed by atoms with Crippen LogP contribution in [-0.4, -0.2) is 33.1 Å². The van der Waals surface area contributed by atoms with Gasteiger partial charge in [-0.25, -0.2) is 14.4 Å². The van der Waals surface area contributed by atoms with Gasteiger partial charge in [0, 0.05) is 29.9 Å². The van der Waals surface area contributed by atoms with E-state index in [-0.39, 0.29) is 23.9 Å². The minimum atomic E-state index is -1.20. The standard InChI is InChI=1S/C28H29FN6O3/c1-28(2,36)21-17-33-27(34-26(21)32-15-18-8-10-20(37-3)11-9-18)23(30)14-25(24-12-13-38-35-24)31-16-19-6-4-5-7-22(19)29/h4-14,17,36H,15-16,30H2,1-3H3,(H,32,33,34). The third-order valence-corrected chi connectivity index (χ3v) is 5.70. The van der Waals surface area contributed by atoms with Crippen molar-refractivity contribution in [3.63, 3.8) is 0 Å². The lowest BCUT2D eigenvalue weighted by atomic mass is 10.0. The summed E-state index contributed by atoms with van der Waals surface area (Å²) in [5.74, 6) is 1.05. The molecule has 2 aromatic carbocycles. The number of ether oxygens (including phenoxy) is 1. The number of nitrogens with one attached hydrogen (secondary N) is 1. The molecule has 9 nitrogen and oxygen atoms in total. The third-order valence-electron chi connectivity index (χ3n) is 5.70. The van der Waals surface area contributed by atoms with E-state index in [4.69, 9.17) is 15.0 Å². The molecule has 0 aliphatic heterocycles. The van der Waals surface area contributed by atoms with Crippen LogP contribution in [0.2, 0.25) is 0 Å². The van der Waals surface area contributed by atoms with Crippen LogP contribution in [0, 0.1) is 5.82 Å². The fraction of sp³-hybridized carbons (Fsp3) is 0.214. The van der Waals surface area contributed by atoms with Gasteiger partial charge < -0.3 is 25.4 Å². The first-order chi connectivity index (χ1) is 18.2. The van der Waals surface area contributed by atoms with Crippen molar-refractivity contribution >= 4 is 17.2 Å². The van der Waals surface area contributed by atoms with Crippen molar-refractivity contribution in [2.75, 3.05) is 12.4 Å². The van der Waals surface area contributed by atoms with Gasteiger partial charge in [0.05, 0.1) is 30.7 Å². The van der Waals surface area contributed by atoms with E-state index >= 15 is 0 Å². The van der Waals surface area contributed by atoms with Crippen LogP contribution in [0.15, 0.2) is 82.6 Å². The van der Waals surface area contributed by atoms with E-state index in [2.05, 4.69) is 25.4 Å². The highest BCUT2D eigenvalue weighted by Gasteiger charge is 2.23. The number of nitrogens with zero attached hydrogens (tertiary/aromatic N) is 4. The molecule has 0 bridgehead atoms. The zero-order chi connectivity index (χ0) is 27.1. The van der Waals surface area contributed by atoms with Crippen molar-refractivity contribution in [2.45, 2.75) is 32.5 Å². The van der Waals surface area contributed by atoms with Crippen LogP contribution in [-0.2, 0) is 18.7 Å². The van der Waals surface area contributed by atoms with Gasteiger partial charge in [-0.15, -0.1) is 0 Å². The maximum Gasteiger partial charge on any atom is 0.177 e. The Morgan fingerprint density at radius 3 is 2.61 bits per heavy atom. The van der Waals surface area contributed by atoms with Gasteiger partial charge in [0.15, 0.2) is 5.82 Å². The van der Waals surface area contributed by atoms with Crippen molar-refractivity contribution < 1.29 is 18.8 Å². The van der Waals surface area contributed by atoms with E-state index in [0.717, 1.165) is 11.3 Å². The number of benzene rings is 2. The number of methoxy groups -OCH3 is 1. The average molecular weight is 517 g/mol. The summed E-state index contributed by atoms with van der Waals surface area (Å²) < 4.78 is 24.3. The van der Waals surface area contributed by atoms with E-state index in [1.165, 1.54) is 18.5 Å². The number of hydrogen-bond donors (Lipinski definition) is 3. The van der Waals surface area contributed by atoms with Crippen molar-refractivity contribution in [3.8, 4) is 5.75 Å². The highest BCUT2D eigenvalue weighted by molar-refractivity contribution is 6.10. The predicted molar refractivity (Wildman–Crippen MR) is 143 cm³/mol. The largest absolute Gasteiger partial charge is 0.497 e. The summed E-state index contributed by atoms with van der Waals surface area (Å²) >= 11 is 0. The zero-order valence-electron chi connectivity index (χ0n) is 21.4. The summed E-state index contributed by atoms with van der Waals surface area (Å²) in [7, 11) is 1.61. The van der Waals surface area contributed by atoms with Gasteiger partial charge in [0.2, 0.25) is 0 Å². The van der Waals surface area contributed by atoms with Crippen LogP contribution in [0.5, 0.6) is 5.75 Å². The molecule has 0 aliphatic rings. The number of halogens is 1. The maximum absolute atomic E-state index is 14.1. The van der Waals surface area contributed by atoms with Gasteiger partial charge in [-0.1, -0.05) is 35.5 Å². The summed E-state index contributed by atoms with van der Waals surface area (Å²) in [5, 5.41) is 17.9. The fourth-order valence-corrected chi connectivity index (χ4v) is 3.59. The zero-order valence-corrected chi connectivity index (χ0v) is 21.4. The van der Waals surface area contributed by atoms with Gasteiger partial charge in [-0.3, -0.25) is 4.99 Å². The van der Waals surface area contributed by atoms with Crippen LogP contribution < -0.4 is 15.8 Å². The second-order valence-electron chi connectivity index (χ2n) is 8.99. The molecule has 0 radical (unpaired) electrons. The number of aliphatic imine (C=N–C) groups is 1. The van der Waals surface area contributed by atoms with Gasteiger partial charge in [-0.05, 0) is 43.7 Å². The normalized spacial score (nSPS) is 12.4. The average Bonchev–Trinajstić information content (AvgIpc) is 3.45. The van der Waals surface area contributed by atoms with Gasteiger partial charge in [0.1, 0.15) is 29.3 Å². The Bertz CT molecular complexity index is 1430. The molecule has 0 saturated heterocycles. The summed E-state index contributed by atoms with van der Waals surface area (Å²) in [6.45, 7) is 3.83. The number of anilines is 1. The van der Waals surface area contributed by atoms with Crippen LogP contribution in [0.25, 0.3) is 5.70 Å². The molecule has 10 heteroatoms. The molecule has 2 aromatic heterocycles. The maximum atomic E-state index is 14.1. The minimum absolute atomic E-state index is 0.0752. The van der Waals surface area contributed by atoms with Crippen LogP contribution in [0.4, 0.5) is 10.2 Å². The topological polar surface area (TPSA) is 132 Å². The Labute approximate surface area is 219 Å². The van der Waals surface area contributed by atoms with Crippen molar-refractivity contribution in [1.82, 2.24) is 15.1 Å². The second-order valence-corrected chi connectivity index (χ2v) is 8.99. The summed E-state index contributed by atoms with van der Waals surface area (Å²) in [6, 6.07) is 15.6. The van der Waals surface area contributed by atoms with Gasteiger partial charge in [-0.2, -0.15) is 0 Å². The SMILES string of the molecule is COc1ccc(CNc2nc(C(N)=CC(=NCc3ccccc3F)c3ccon3)ncc2C(C)(C)O)cc1. The molecule has 0 spiro atoms. The Balaban J connectivity index is 1.64. The van der Waals surface area contributed by atoms with Crippen LogP contribution >= 0.6 is 0 Å². The Morgan fingerprint density at radius 1 is 1.18 bits per heavy atom. The molecule has 4 N–H and O–H groups in total. The lowest BCUT2D eigenvalue weighted by Crippen LogP contribution is -2.21. The van der Waals surface area contributed by atoms with Gasteiger partial charge in [0.25, 0.3) is 0 Å². The Morgan fingerprint density at radius 2 is 1.95 bits per heavy atom. The third kappa shape index (κ3) is 6.60. The van der Waals surface area contributed by atoms with Gasteiger partial charge >= 0.3 is 0 Å². The Kier molecular flexibility index (Phi) is 8.12. The van der Waals surface area contributed by atoms with Crippen LogP contribution in [0.3, 0.4) is 0 Å². The smallest absolute Gasteiger partial charge is 0.177 e. The molecule has 0 aliphatic carbocycles. The summed E-state index contributed by atoms with van der Waals surface area (Å²) in [6.07, 6.45) is 4.50. The van der Waals surface area contributed by atoms with E-state index in [1.54, 1.807) is 51.3 Å². The number of nitrogens with two attached hydrogens (primary N) is 1. The number of aliphatic hydroxyl groups is 1. The molecular weight excluding hydrogens is 487 g/mol. The highest BCUT2D eigenvalue weighted by Crippen LogP contribution is 2.27. The molecule has 0 saturated carbocycles. The number of aromatic nitrogens is 3. The van der Waals surface area contributed by atoms with Crippen molar-refractivity contribution in [1.29, 1.82) is 0 Å². The number of hydrogen-bond acceptors (Lipinski definition) is 9. The molecule has 0 fully saturated rings. The predicted octanol–water partition coefficient (Wildman–Crippen LogP) is 4.44. The molecule has 196 valence electrons. The quantitative estimate of drug-likeness (QED) is 0.264. The number of allylic oxidation sites excluding steroid dienone is 1. The molecule has 0 atom stereocenters. The molecular formula is C28H29FN6O3. The highest BCUT2D eigenvalue weighted by atomic mass is 19.1. The first-order valence-electron chi connectivity index (χ1n) is 11.9. The van der Waals surface area contributed by atoms with Crippen molar-refractivity contribution in [3.05, 3.63) is 107 Å². The molecule has 0 amide bonds. The molecule has 4 rings (SSSR count). The monoisotopic (exact) mass is 516 g/mol. The van der Waals surface area contributed by atoms with E-state index in [1.807, 2.05) is 24.3 Å².